The second-order valence-corrected chi connectivity index (χ2v) is 10.1. The van der Waals surface area contributed by atoms with Gasteiger partial charge < -0.3 is 10.1 Å². The molecular formula is C20H26N2O4S2. The van der Waals surface area contributed by atoms with Crippen LogP contribution in [-0.4, -0.2) is 44.9 Å². The summed E-state index contributed by atoms with van der Waals surface area (Å²) in [5.41, 5.74) is 1.13. The summed E-state index contributed by atoms with van der Waals surface area (Å²) in [6, 6.07) is 8.59. The van der Waals surface area contributed by atoms with E-state index in [0.717, 1.165) is 10.4 Å². The van der Waals surface area contributed by atoms with Crippen molar-refractivity contribution in [2.75, 3.05) is 26.3 Å². The smallest absolute Gasteiger partial charge is 0.252 e. The minimum absolute atomic E-state index is 0.119. The van der Waals surface area contributed by atoms with Crippen LogP contribution in [0.1, 0.15) is 40.7 Å². The quantitative estimate of drug-likeness (QED) is 0.776. The lowest BCUT2D eigenvalue weighted by molar-refractivity contribution is 0.0730. The largest absolute Gasteiger partial charge is 0.379 e. The van der Waals surface area contributed by atoms with Crippen molar-refractivity contribution in [2.45, 2.75) is 31.7 Å². The van der Waals surface area contributed by atoms with Gasteiger partial charge in [0.1, 0.15) is 0 Å². The van der Waals surface area contributed by atoms with E-state index in [-0.39, 0.29) is 22.8 Å². The van der Waals surface area contributed by atoms with Gasteiger partial charge in [-0.1, -0.05) is 26.0 Å². The van der Waals surface area contributed by atoms with Crippen LogP contribution < -0.4 is 5.32 Å². The van der Waals surface area contributed by atoms with Crippen molar-refractivity contribution < 1.29 is 17.9 Å². The predicted octanol–water partition coefficient (Wildman–Crippen LogP) is 3.20. The van der Waals surface area contributed by atoms with Gasteiger partial charge in [-0.15, -0.1) is 11.3 Å². The maximum atomic E-state index is 13.0. The maximum absolute atomic E-state index is 13.0. The molecule has 6 nitrogen and oxygen atoms in total. The number of thiophene rings is 1. The van der Waals surface area contributed by atoms with Crippen LogP contribution in [0.3, 0.4) is 0 Å². The molecule has 1 aliphatic rings. The van der Waals surface area contributed by atoms with E-state index in [1.807, 2.05) is 24.4 Å². The minimum Gasteiger partial charge on any atom is -0.379 e. The van der Waals surface area contributed by atoms with Gasteiger partial charge in [-0.3, -0.25) is 4.79 Å². The molecule has 2 heterocycles. The zero-order valence-electron chi connectivity index (χ0n) is 16.3. The maximum Gasteiger partial charge on any atom is 0.252 e. The van der Waals surface area contributed by atoms with Crippen LogP contribution in [0.15, 0.2) is 40.6 Å². The van der Waals surface area contributed by atoms with Crippen molar-refractivity contribution in [3.05, 3.63) is 51.7 Å². The van der Waals surface area contributed by atoms with Crippen molar-refractivity contribution in [2.24, 2.45) is 5.92 Å². The molecule has 0 spiro atoms. The monoisotopic (exact) mass is 422 g/mol. The molecule has 1 N–H and O–H groups in total. The first kappa shape index (κ1) is 21.0. The Kier molecular flexibility index (Phi) is 6.54. The van der Waals surface area contributed by atoms with E-state index in [4.69, 9.17) is 4.74 Å². The molecule has 2 aromatic rings. The van der Waals surface area contributed by atoms with Crippen LogP contribution in [-0.2, 0) is 14.8 Å². The zero-order valence-corrected chi connectivity index (χ0v) is 18.0. The minimum atomic E-state index is -3.65. The first-order chi connectivity index (χ1) is 13.3. The number of carbonyl (C=O) groups is 1. The summed E-state index contributed by atoms with van der Waals surface area (Å²) in [5, 5.41) is 5.06. The highest BCUT2D eigenvalue weighted by atomic mass is 32.2. The van der Waals surface area contributed by atoms with Gasteiger partial charge in [0.2, 0.25) is 10.0 Å². The second kappa shape index (κ2) is 8.73. The van der Waals surface area contributed by atoms with Crippen molar-refractivity contribution in [3.8, 4) is 0 Å². The number of benzene rings is 1. The number of amides is 1. The van der Waals surface area contributed by atoms with Gasteiger partial charge in [0, 0.05) is 23.5 Å². The number of nitrogens with one attached hydrogen (secondary N) is 1. The molecule has 0 unspecified atom stereocenters. The highest BCUT2D eigenvalue weighted by molar-refractivity contribution is 7.89. The Bertz CT molecular complexity index is 918. The van der Waals surface area contributed by atoms with Crippen molar-refractivity contribution in [1.29, 1.82) is 0 Å². The number of sulfonamides is 1. The highest BCUT2D eigenvalue weighted by Gasteiger charge is 2.28. The summed E-state index contributed by atoms with van der Waals surface area (Å²) in [6.07, 6.45) is 0. The number of carbonyl (C=O) groups excluding carboxylic acids is 1. The number of aryl methyl sites for hydroxylation is 1. The average molecular weight is 423 g/mol. The normalized spacial score (nSPS) is 16.9. The van der Waals surface area contributed by atoms with Gasteiger partial charge in [0.05, 0.1) is 24.2 Å². The summed E-state index contributed by atoms with van der Waals surface area (Å²) >= 11 is 1.60. The molecule has 1 amide bonds. The zero-order chi connectivity index (χ0) is 20.3. The molecule has 28 heavy (non-hydrogen) atoms. The van der Waals surface area contributed by atoms with Crippen molar-refractivity contribution in [1.82, 2.24) is 9.62 Å². The Hall–Kier alpha value is -1.74. The van der Waals surface area contributed by atoms with Crippen LogP contribution >= 0.6 is 11.3 Å². The predicted molar refractivity (Wildman–Crippen MR) is 110 cm³/mol. The second-order valence-electron chi connectivity index (χ2n) is 7.20. The number of nitrogens with zero attached hydrogens (tertiary/aromatic N) is 1. The molecule has 8 heteroatoms. The Morgan fingerprint density at radius 2 is 1.93 bits per heavy atom. The van der Waals surface area contributed by atoms with Crippen LogP contribution in [0.2, 0.25) is 0 Å². The molecule has 0 bridgehead atoms. The van der Waals surface area contributed by atoms with E-state index in [1.54, 1.807) is 23.5 Å². The van der Waals surface area contributed by atoms with E-state index in [9.17, 15) is 13.2 Å². The van der Waals surface area contributed by atoms with E-state index in [1.165, 1.54) is 10.4 Å². The van der Waals surface area contributed by atoms with Crippen molar-refractivity contribution in [3.63, 3.8) is 0 Å². The van der Waals surface area contributed by atoms with E-state index < -0.39 is 10.0 Å². The van der Waals surface area contributed by atoms with Crippen molar-refractivity contribution >= 4 is 27.3 Å². The first-order valence-corrected chi connectivity index (χ1v) is 11.7. The van der Waals surface area contributed by atoms with E-state index in [0.29, 0.717) is 31.9 Å². The Morgan fingerprint density at radius 3 is 2.54 bits per heavy atom. The SMILES string of the molecule is Cc1ccc(S(=O)(=O)N2CCOCC2)cc1C(=O)N[C@@H](c1cccs1)C(C)C. The first-order valence-electron chi connectivity index (χ1n) is 9.33. The fourth-order valence-electron chi connectivity index (χ4n) is 3.20. The number of morpholine rings is 1. The molecule has 0 aliphatic carbocycles. The number of rotatable bonds is 6. The van der Waals surface area contributed by atoms with Gasteiger partial charge >= 0.3 is 0 Å². The fraction of sp³-hybridized carbons (Fsp3) is 0.450. The fourth-order valence-corrected chi connectivity index (χ4v) is 5.58. The van der Waals surface area contributed by atoms with Crippen LogP contribution in [0.25, 0.3) is 0 Å². The molecular weight excluding hydrogens is 396 g/mol. The Balaban J connectivity index is 1.87. The van der Waals surface area contributed by atoms with Gasteiger partial charge in [0.15, 0.2) is 0 Å². The summed E-state index contributed by atoms with van der Waals surface area (Å²) in [7, 11) is -3.65. The molecule has 1 aliphatic heterocycles. The number of ether oxygens (including phenoxy) is 1. The van der Waals surface area contributed by atoms with Gasteiger partial charge in [0.25, 0.3) is 5.91 Å². The lowest BCUT2D eigenvalue weighted by Gasteiger charge is -2.26. The molecule has 152 valence electrons. The highest BCUT2D eigenvalue weighted by Crippen LogP contribution is 2.27. The summed E-state index contributed by atoms with van der Waals surface area (Å²) in [5.74, 6) is -0.0493. The van der Waals surface area contributed by atoms with Gasteiger partial charge in [-0.2, -0.15) is 4.31 Å². The third-order valence-electron chi connectivity index (χ3n) is 4.86. The Morgan fingerprint density at radius 1 is 1.21 bits per heavy atom. The summed E-state index contributed by atoms with van der Waals surface area (Å²) in [4.78, 5) is 14.2. The molecule has 0 radical (unpaired) electrons. The average Bonchev–Trinajstić information content (AvgIpc) is 3.21. The molecule has 0 saturated carbocycles. The summed E-state index contributed by atoms with van der Waals surface area (Å²) < 4.78 is 32.5. The third-order valence-corrected chi connectivity index (χ3v) is 7.71. The van der Waals surface area contributed by atoms with Crippen LogP contribution in [0, 0.1) is 12.8 Å². The van der Waals surface area contributed by atoms with Crippen LogP contribution in [0.5, 0.6) is 0 Å². The number of hydrogen-bond donors (Lipinski definition) is 1. The summed E-state index contributed by atoms with van der Waals surface area (Å²) in [6.45, 7) is 7.34. The number of hydrogen-bond acceptors (Lipinski definition) is 5. The molecule has 1 atom stereocenters. The third kappa shape index (κ3) is 4.46. The molecule has 1 aromatic carbocycles. The lowest BCUT2D eigenvalue weighted by atomic mass is 10.0. The molecule has 1 saturated heterocycles. The van der Waals surface area contributed by atoms with E-state index >= 15 is 0 Å². The topological polar surface area (TPSA) is 75.7 Å². The molecule has 1 fully saturated rings. The van der Waals surface area contributed by atoms with Gasteiger partial charge in [-0.25, -0.2) is 8.42 Å². The lowest BCUT2D eigenvalue weighted by Crippen LogP contribution is -2.40. The standard InChI is InChI=1S/C20H26N2O4S2/c1-14(2)19(18-5-4-12-27-18)21-20(23)17-13-16(7-6-15(17)3)28(24,25)22-8-10-26-11-9-22/h4-7,12-14,19H,8-11H2,1-3H3,(H,21,23)/t19-/m1/s1. The molecule has 1 aromatic heterocycles. The van der Waals surface area contributed by atoms with Gasteiger partial charge in [-0.05, 0) is 42.0 Å². The molecule has 3 rings (SSSR count). The Labute approximate surface area is 170 Å². The van der Waals surface area contributed by atoms with E-state index in [2.05, 4.69) is 19.2 Å². The van der Waals surface area contributed by atoms with Crippen LogP contribution in [0.4, 0.5) is 0 Å².